The number of methoxy groups -OCH3 is 1. The van der Waals surface area contributed by atoms with Gasteiger partial charge >= 0.3 is 12.4 Å². The van der Waals surface area contributed by atoms with Crippen LogP contribution in [0, 0.1) is 0 Å². The first-order valence-electron chi connectivity index (χ1n) is 14.0. The van der Waals surface area contributed by atoms with Gasteiger partial charge in [-0.1, -0.05) is 31.4 Å². The molecule has 6 nitrogen and oxygen atoms in total. The monoisotopic (exact) mass is 627 g/mol. The third-order valence-electron chi connectivity index (χ3n) is 7.90. The van der Waals surface area contributed by atoms with Gasteiger partial charge in [-0.25, -0.2) is 0 Å². The summed E-state index contributed by atoms with van der Waals surface area (Å²) in [5, 5.41) is 0.670. The molecule has 2 aliphatic heterocycles. The summed E-state index contributed by atoms with van der Waals surface area (Å²) in [6.07, 6.45) is -1.88. The fourth-order valence-corrected chi connectivity index (χ4v) is 6.57. The molecule has 0 N–H and O–H groups in total. The lowest BCUT2D eigenvalue weighted by Crippen LogP contribution is -2.51. The molecule has 0 aromatic heterocycles. The summed E-state index contributed by atoms with van der Waals surface area (Å²) in [5.74, 6) is -0.0721. The average molecular weight is 628 g/mol. The minimum Gasteiger partial charge on any atom is -0.493 e. The van der Waals surface area contributed by atoms with E-state index >= 15 is 0 Å². The molecule has 2 aromatic rings. The maximum Gasteiger partial charge on any atom is 0.416 e. The van der Waals surface area contributed by atoms with Gasteiger partial charge in [-0.05, 0) is 60.5 Å². The quantitative estimate of drug-likeness (QED) is 0.249. The molecule has 3 aliphatic rings. The van der Waals surface area contributed by atoms with Crippen molar-refractivity contribution in [1.29, 1.82) is 0 Å². The Hall–Kier alpha value is -3.19. The number of nitrogens with zero attached hydrogens (tertiary/aromatic N) is 3. The predicted octanol–water partition coefficient (Wildman–Crippen LogP) is 7.23. The second-order valence-electron chi connectivity index (χ2n) is 10.7. The van der Waals surface area contributed by atoms with Gasteiger partial charge in [0.25, 0.3) is 5.91 Å². The molecule has 13 heteroatoms. The lowest BCUT2D eigenvalue weighted by atomic mass is 9.94. The van der Waals surface area contributed by atoms with E-state index < -0.39 is 35.6 Å². The van der Waals surface area contributed by atoms with Crippen molar-refractivity contribution in [3.63, 3.8) is 0 Å². The Labute approximate surface area is 249 Å². The first-order valence-corrected chi connectivity index (χ1v) is 14.8. The maximum atomic E-state index is 13.5. The summed E-state index contributed by atoms with van der Waals surface area (Å²) in [6, 6.07) is 6.71. The van der Waals surface area contributed by atoms with Crippen LogP contribution in [0.5, 0.6) is 11.5 Å². The van der Waals surface area contributed by atoms with Gasteiger partial charge in [0.05, 0.1) is 23.1 Å². The molecular weight excluding hydrogens is 596 g/mol. The van der Waals surface area contributed by atoms with Gasteiger partial charge in [0, 0.05) is 37.8 Å². The molecule has 2 heterocycles. The van der Waals surface area contributed by atoms with Crippen molar-refractivity contribution >= 4 is 28.9 Å². The molecule has 1 aliphatic carbocycles. The molecule has 0 atom stereocenters. The second kappa shape index (κ2) is 12.8. The Morgan fingerprint density at radius 1 is 0.930 bits per heavy atom. The summed E-state index contributed by atoms with van der Waals surface area (Å²) in [4.78, 5) is 22.1. The van der Waals surface area contributed by atoms with Crippen LogP contribution in [0.15, 0.2) is 46.3 Å². The fourth-order valence-electron chi connectivity index (χ4n) is 5.60. The zero-order valence-electron chi connectivity index (χ0n) is 23.4. The summed E-state index contributed by atoms with van der Waals surface area (Å²) in [7, 11) is 1.35. The van der Waals surface area contributed by atoms with Gasteiger partial charge in [0.1, 0.15) is 6.61 Å². The van der Waals surface area contributed by atoms with E-state index in [-0.39, 0.29) is 23.5 Å². The van der Waals surface area contributed by atoms with Gasteiger partial charge in [0.15, 0.2) is 16.7 Å². The summed E-state index contributed by atoms with van der Waals surface area (Å²) in [5.41, 5.74) is -2.69. The molecule has 1 saturated carbocycles. The van der Waals surface area contributed by atoms with Gasteiger partial charge in [-0.15, -0.1) is 0 Å². The Kier molecular flexibility index (Phi) is 9.31. The maximum absolute atomic E-state index is 13.5. The second-order valence-corrected chi connectivity index (χ2v) is 11.7. The number of ether oxygens (including phenoxy) is 2. The summed E-state index contributed by atoms with van der Waals surface area (Å²) in [6.45, 7) is 2.85. The van der Waals surface area contributed by atoms with Crippen LogP contribution in [0.4, 0.5) is 26.3 Å². The zero-order valence-corrected chi connectivity index (χ0v) is 24.2. The van der Waals surface area contributed by atoms with Crippen molar-refractivity contribution in [1.82, 2.24) is 9.80 Å². The minimum atomic E-state index is -5.00. The Balaban J connectivity index is 1.23. The Morgan fingerprint density at radius 3 is 2.30 bits per heavy atom. The number of amides is 1. The normalized spacial score (nSPS) is 20.1. The van der Waals surface area contributed by atoms with Crippen molar-refractivity contribution in [2.75, 3.05) is 33.3 Å². The van der Waals surface area contributed by atoms with Crippen molar-refractivity contribution in [2.45, 2.75) is 57.1 Å². The standard InChI is InChI=1S/C30H31F6N3O3S/c1-41-25-15-19(7-10-24(25)42-18-20-8-9-21(29(31,32)33)17-23(20)30(34,35)36)16-26-27(40)37-28(43-26)39-13-11-38(12-14-39)22-5-3-2-4-6-22/h7-10,15-17,22H,2-6,11-14,18H2,1H3. The van der Waals surface area contributed by atoms with Crippen LogP contribution in [0.25, 0.3) is 6.08 Å². The number of carbonyl (C=O) groups excluding carboxylic acids is 1. The van der Waals surface area contributed by atoms with Crippen LogP contribution in [-0.4, -0.2) is 60.2 Å². The number of hydrogen-bond donors (Lipinski definition) is 0. The molecular formula is C30H31F6N3O3S. The molecule has 0 bridgehead atoms. The van der Waals surface area contributed by atoms with E-state index in [1.165, 1.54) is 57.0 Å². The van der Waals surface area contributed by atoms with E-state index in [2.05, 4.69) is 14.8 Å². The third kappa shape index (κ3) is 7.49. The molecule has 2 fully saturated rings. The number of hydrogen-bond acceptors (Lipinski definition) is 6. The van der Waals surface area contributed by atoms with Crippen LogP contribution < -0.4 is 9.47 Å². The molecule has 1 amide bonds. The smallest absolute Gasteiger partial charge is 0.416 e. The number of piperazine rings is 1. The van der Waals surface area contributed by atoms with Crippen molar-refractivity contribution in [3.05, 3.63) is 63.6 Å². The average Bonchev–Trinajstić information content (AvgIpc) is 3.35. The SMILES string of the molecule is COc1cc(C=C2SC(N3CCN(C4CCCCC4)CC3)=NC2=O)ccc1OCc1ccc(C(F)(F)F)cc1C(F)(F)F. The molecule has 0 unspecified atom stereocenters. The molecule has 0 radical (unpaired) electrons. The van der Waals surface area contributed by atoms with Gasteiger partial charge in [-0.3, -0.25) is 9.69 Å². The Morgan fingerprint density at radius 2 is 1.65 bits per heavy atom. The lowest BCUT2D eigenvalue weighted by Gasteiger charge is -2.41. The first-order chi connectivity index (χ1) is 20.4. The number of aliphatic imine (C=N–C) groups is 1. The van der Waals surface area contributed by atoms with E-state index in [1.54, 1.807) is 18.2 Å². The molecule has 2 aromatic carbocycles. The predicted molar refractivity (Wildman–Crippen MR) is 152 cm³/mol. The van der Waals surface area contributed by atoms with E-state index in [1.807, 2.05) is 0 Å². The molecule has 0 spiro atoms. The number of alkyl halides is 6. The highest BCUT2D eigenvalue weighted by atomic mass is 32.2. The number of carbonyl (C=O) groups is 1. The van der Waals surface area contributed by atoms with Gasteiger partial charge in [-0.2, -0.15) is 31.3 Å². The lowest BCUT2D eigenvalue weighted by molar-refractivity contribution is -0.143. The number of amidine groups is 1. The van der Waals surface area contributed by atoms with E-state index in [4.69, 9.17) is 9.47 Å². The number of rotatable bonds is 6. The van der Waals surface area contributed by atoms with Crippen LogP contribution >= 0.6 is 11.8 Å². The van der Waals surface area contributed by atoms with Crippen LogP contribution in [0.1, 0.15) is 54.4 Å². The van der Waals surface area contributed by atoms with Gasteiger partial charge < -0.3 is 14.4 Å². The van der Waals surface area contributed by atoms with Crippen LogP contribution in [0.3, 0.4) is 0 Å². The van der Waals surface area contributed by atoms with E-state index in [9.17, 15) is 31.1 Å². The van der Waals surface area contributed by atoms with Crippen LogP contribution in [-0.2, 0) is 23.8 Å². The molecule has 5 rings (SSSR count). The number of halogens is 6. The summed E-state index contributed by atoms with van der Waals surface area (Å²) < 4.78 is 90.4. The molecule has 232 valence electrons. The largest absolute Gasteiger partial charge is 0.493 e. The molecule has 43 heavy (non-hydrogen) atoms. The van der Waals surface area contributed by atoms with Gasteiger partial charge in [0.2, 0.25) is 0 Å². The van der Waals surface area contributed by atoms with Crippen LogP contribution in [0.2, 0.25) is 0 Å². The molecule has 1 saturated heterocycles. The number of benzene rings is 2. The van der Waals surface area contributed by atoms with Crippen molar-refractivity contribution in [3.8, 4) is 11.5 Å². The highest BCUT2D eigenvalue weighted by Crippen LogP contribution is 2.39. The first kappa shape index (κ1) is 31.2. The van der Waals surface area contributed by atoms with E-state index in [0.29, 0.717) is 27.7 Å². The highest BCUT2D eigenvalue weighted by Gasteiger charge is 2.38. The zero-order chi connectivity index (χ0) is 30.8. The third-order valence-corrected chi connectivity index (χ3v) is 8.94. The highest BCUT2D eigenvalue weighted by molar-refractivity contribution is 8.18. The van der Waals surface area contributed by atoms with Crippen molar-refractivity contribution < 1.29 is 40.6 Å². The fraction of sp³-hybridized carbons (Fsp3) is 0.467. The summed E-state index contributed by atoms with van der Waals surface area (Å²) >= 11 is 1.30. The van der Waals surface area contributed by atoms with Crippen molar-refractivity contribution in [2.24, 2.45) is 4.99 Å². The Bertz CT molecular complexity index is 1390. The topological polar surface area (TPSA) is 54.4 Å². The number of thioether (sulfide) groups is 1. The minimum absolute atomic E-state index is 0.0779. The van der Waals surface area contributed by atoms with E-state index in [0.717, 1.165) is 32.2 Å².